The minimum absolute atomic E-state index is 0.328. The second kappa shape index (κ2) is 17.3. The van der Waals surface area contributed by atoms with Crippen LogP contribution in [0, 0.1) is 0 Å². The van der Waals surface area contributed by atoms with E-state index >= 15 is 0 Å². The zero-order valence-corrected chi connectivity index (χ0v) is 17.9. The lowest BCUT2D eigenvalue weighted by Gasteiger charge is -2.02. The van der Waals surface area contributed by atoms with Crippen LogP contribution in [0.2, 0.25) is 0 Å². The fourth-order valence-corrected chi connectivity index (χ4v) is 3.32. The second-order valence-corrected chi connectivity index (χ2v) is 7.56. The Kier molecular flexibility index (Phi) is 15.0. The van der Waals surface area contributed by atoms with Gasteiger partial charge in [-0.25, -0.2) is 0 Å². The molecule has 0 radical (unpaired) electrons. The Hall–Kier alpha value is -1.80. The van der Waals surface area contributed by atoms with E-state index in [1.807, 2.05) is 48.5 Å². The molecular formula is C26H41NO. The van der Waals surface area contributed by atoms with Crippen molar-refractivity contribution in [2.45, 2.75) is 84.0 Å². The molecule has 156 valence electrons. The lowest BCUT2D eigenvalue weighted by Crippen LogP contribution is -1.97. The van der Waals surface area contributed by atoms with Gasteiger partial charge in [-0.2, -0.15) is 0 Å². The van der Waals surface area contributed by atoms with Gasteiger partial charge in [0.2, 0.25) is 0 Å². The van der Waals surface area contributed by atoms with E-state index in [1.54, 1.807) is 6.07 Å². The van der Waals surface area contributed by atoms with Crippen molar-refractivity contribution in [3.63, 3.8) is 0 Å². The van der Waals surface area contributed by atoms with E-state index in [-0.39, 0.29) is 0 Å². The molecule has 0 bridgehead atoms. The topological polar surface area (TPSA) is 46.2 Å². The van der Waals surface area contributed by atoms with Gasteiger partial charge >= 0.3 is 0 Å². The Bertz CT molecular complexity index is 570. The first-order valence-corrected chi connectivity index (χ1v) is 11.3. The van der Waals surface area contributed by atoms with Crippen LogP contribution in [0.4, 0.5) is 0 Å². The highest BCUT2D eigenvalue weighted by atomic mass is 16.3. The van der Waals surface area contributed by atoms with Crippen LogP contribution >= 0.6 is 0 Å². The number of hydrogen-bond donors (Lipinski definition) is 2. The number of hydrogen-bond acceptors (Lipinski definition) is 2. The summed E-state index contributed by atoms with van der Waals surface area (Å²) in [5, 5.41) is 9.56. The summed E-state index contributed by atoms with van der Waals surface area (Å²) in [5.41, 5.74) is 7.37. The molecule has 0 aliphatic heterocycles. The number of phenolic OH excluding ortho intramolecular Hbond substituents is 1. The predicted molar refractivity (Wildman–Crippen MR) is 124 cm³/mol. The number of para-hydroxylation sites is 1. The van der Waals surface area contributed by atoms with Crippen LogP contribution < -0.4 is 5.73 Å². The summed E-state index contributed by atoms with van der Waals surface area (Å²) >= 11 is 0. The minimum Gasteiger partial charge on any atom is -0.507 e. The molecule has 0 spiro atoms. The zero-order chi connectivity index (χ0) is 20.3. The number of unbranched alkanes of at least 4 members (excludes halogenated alkanes) is 11. The summed E-state index contributed by atoms with van der Waals surface area (Å²) in [6.07, 6.45) is 16.9. The van der Waals surface area contributed by atoms with Crippen LogP contribution in [-0.2, 0) is 0 Å². The molecule has 3 N–H and O–H groups in total. The lowest BCUT2D eigenvalue weighted by atomic mass is 10.1. The Labute approximate surface area is 173 Å². The molecule has 2 aromatic carbocycles. The van der Waals surface area contributed by atoms with E-state index in [2.05, 4.69) is 6.92 Å². The highest BCUT2D eigenvalue weighted by Gasteiger charge is 2.00. The van der Waals surface area contributed by atoms with E-state index in [0.29, 0.717) is 5.75 Å². The number of nitrogens with two attached hydrogens (primary N) is 1. The van der Waals surface area contributed by atoms with E-state index < -0.39 is 0 Å². The van der Waals surface area contributed by atoms with Crippen molar-refractivity contribution >= 4 is 0 Å². The van der Waals surface area contributed by atoms with Crippen LogP contribution in [0.5, 0.6) is 5.75 Å². The molecule has 0 saturated heterocycles. The molecule has 0 aromatic heterocycles. The average molecular weight is 384 g/mol. The molecule has 0 atom stereocenters. The van der Waals surface area contributed by atoms with Crippen LogP contribution in [-0.4, -0.2) is 11.7 Å². The fourth-order valence-electron chi connectivity index (χ4n) is 3.32. The summed E-state index contributed by atoms with van der Waals surface area (Å²) in [7, 11) is 0. The Morgan fingerprint density at radius 2 is 1.07 bits per heavy atom. The van der Waals surface area contributed by atoms with Crippen molar-refractivity contribution in [1.29, 1.82) is 0 Å². The van der Waals surface area contributed by atoms with Crippen molar-refractivity contribution < 1.29 is 5.11 Å². The van der Waals surface area contributed by atoms with Gasteiger partial charge in [-0.05, 0) is 24.6 Å². The second-order valence-electron chi connectivity index (χ2n) is 7.56. The maximum absolute atomic E-state index is 9.56. The minimum atomic E-state index is 0.328. The molecule has 2 nitrogen and oxygen atoms in total. The van der Waals surface area contributed by atoms with Crippen molar-refractivity contribution in [2.75, 3.05) is 6.54 Å². The van der Waals surface area contributed by atoms with Crippen LogP contribution in [0.1, 0.15) is 84.0 Å². The summed E-state index contributed by atoms with van der Waals surface area (Å²) in [6, 6.07) is 17.2. The van der Waals surface area contributed by atoms with Crippen molar-refractivity contribution in [1.82, 2.24) is 0 Å². The van der Waals surface area contributed by atoms with E-state index in [0.717, 1.165) is 17.7 Å². The molecule has 2 heteroatoms. The third-order valence-electron chi connectivity index (χ3n) is 5.05. The monoisotopic (exact) mass is 383 g/mol. The predicted octanol–water partition coefficient (Wildman–Crippen LogP) is 7.71. The Morgan fingerprint density at radius 3 is 1.57 bits per heavy atom. The van der Waals surface area contributed by atoms with Gasteiger partial charge in [0.15, 0.2) is 0 Å². The Morgan fingerprint density at radius 1 is 0.607 bits per heavy atom. The summed E-state index contributed by atoms with van der Waals surface area (Å²) < 4.78 is 0. The van der Waals surface area contributed by atoms with Gasteiger partial charge in [-0.15, -0.1) is 0 Å². The zero-order valence-electron chi connectivity index (χ0n) is 17.9. The average Bonchev–Trinajstić information content (AvgIpc) is 2.73. The van der Waals surface area contributed by atoms with E-state index in [4.69, 9.17) is 5.73 Å². The first-order chi connectivity index (χ1) is 13.8. The van der Waals surface area contributed by atoms with Gasteiger partial charge in [0, 0.05) is 5.56 Å². The first-order valence-electron chi connectivity index (χ1n) is 11.3. The summed E-state index contributed by atoms with van der Waals surface area (Å²) in [6.45, 7) is 3.15. The molecule has 0 fully saturated rings. The number of rotatable bonds is 13. The van der Waals surface area contributed by atoms with Gasteiger partial charge < -0.3 is 10.8 Å². The largest absolute Gasteiger partial charge is 0.507 e. The molecule has 2 aromatic rings. The Balaban J connectivity index is 0.000000281. The quantitative estimate of drug-likeness (QED) is 0.348. The highest BCUT2D eigenvalue weighted by molar-refractivity contribution is 5.69. The fraction of sp³-hybridized carbons (Fsp3) is 0.538. The third-order valence-corrected chi connectivity index (χ3v) is 5.05. The SMILES string of the molecule is CCCCCCCCCCCCCCN.Oc1ccccc1-c1ccccc1. The van der Waals surface area contributed by atoms with Crippen LogP contribution in [0.15, 0.2) is 54.6 Å². The van der Waals surface area contributed by atoms with Gasteiger partial charge in [0.25, 0.3) is 0 Å². The van der Waals surface area contributed by atoms with Crippen LogP contribution in [0.3, 0.4) is 0 Å². The molecule has 0 unspecified atom stereocenters. The molecule has 0 heterocycles. The summed E-state index contributed by atoms with van der Waals surface area (Å²) in [5.74, 6) is 0.328. The number of phenols is 1. The maximum Gasteiger partial charge on any atom is 0.123 e. The molecule has 0 aliphatic rings. The molecular weight excluding hydrogens is 342 g/mol. The van der Waals surface area contributed by atoms with Gasteiger partial charge in [0.05, 0.1) is 0 Å². The standard InChI is InChI=1S/C14H31N.C12H10O/c1-2-3-4-5-6-7-8-9-10-11-12-13-14-15;13-12-9-5-4-8-11(12)10-6-2-1-3-7-10/h2-15H2,1H3;1-9,13H. The van der Waals surface area contributed by atoms with Gasteiger partial charge in [0.1, 0.15) is 5.75 Å². The van der Waals surface area contributed by atoms with Crippen LogP contribution in [0.25, 0.3) is 11.1 Å². The molecule has 0 amide bonds. The highest BCUT2D eigenvalue weighted by Crippen LogP contribution is 2.27. The van der Waals surface area contributed by atoms with Crippen molar-refractivity contribution in [3.8, 4) is 16.9 Å². The van der Waals surface area contributed by atoms with E-state index in [9.17, 15) is 5.11 Å². The normalized spacial score (nSPS) is 10.4. The van der Waals surface area contributed by atoms with Crippen molar-refractivity contribution in [3.05, 3.63) is 54.6 Å². The van der Waals surface area contributed by atoms with E-state index in [1.165, 1.54) is 77.0 Å². The summed E-state index contributed by atoms with van der Waals surface area (Å²) in [4.78, 5) is 0. The molecule has 0 aliphatic carbocycles. The number of benzene rings is 2. The van der Waals surface area contributed by atoms with Gasteiger partial charge in [-0.1, -0.05) is 126 Å². The lowest BCUT2D eigenvalue weighted by molar-refractivity contribution is 0.477. The first kappa shape index (κ1) is 24.2. The molecule has 28 heavy (non-hydrogen) atoms. The molecule has 0 saturated carbocycles. The van der Waals surface area contributed by atoms with Gasteiger partial charge in [-0.3, -0.25) is 0 Å². The smallest absolute Gasteiger partial charge is 0.123 e. The van der Waals surface area contributed by atoms with Crippen molar-refractivity contribution in [2.24, 2.45) is 5.73 Å². The third kappa shape index (κ3) is 11.8. The maximum atomic E-state index is 9.56. The molecule has 2 rings (SSSR count). The number of aromatic hydroxyl groups is 1.